The fraction of sp³-hybridized carbons (Fsp3) is 0.462. The zero-order valence-electron chi connectivity index (χ0n) is 10.4. The standard InChI is InChI=1S/C13H16Cl2N2O2/c14-9-3-1-4-10(15)12(9)17-11(19)7-16-13(8-18)5-2-6-13/h1,3-4,16,18H,2,5-8H2,(H,17,19). The van der Waals surface area contributed by atoms with E-state index >= 15 is 0 Å². The van der Waals surface area contributed by atoms with Gasteiger partial charge in [0.15, 0.2) is 0 Å². The summed E-state index contributed by atoms with van der Waals surface area (Å²) in [7, 11) is 0. The van der Waals surface area contributed by atoms with Crippen LogP contribution in [0.15, 0.2) is 18.2 Å². The van der Waals surface area contributed by atoms with E-state index in [1.54, 1.807) is 18.2 Å². The topological polar surface area (TPSA) is 61.4 Å². The minimum Gasteiger partial charge on any atom is -0.394 e. The highest BCUT2D eigenvalue weighted by atomic mass is 35.5. The van der Waals surface area contributed by atoms with Crippen molar-refractivity contribution < 1.29 is 9.90 Å². The Balaban J connectivity index is 1.91. The Morgan fingerprint density at radius 1 is 1.32 bits per heavy atom. The molecule has 0 heterocycles. The molecule has 0 spiro atoms. The number of anilines is 1. The molecule has 0 aromatic heterocycles. The Bertz CT molecular complexity index is 450. The van der Waals surface area contributed by atoms with Crippen LogP contribution in [0.1, 0.15) is 19.3 Å². The van der Waals surface area contributed by atoms with Crippen molar-refractivity contribution in [2.75, 3.05) is 18.5 Å². The van der Waals surface area contributed by atoms with E-state index < -0.39 is 0 Å². The van der Waals surface area contributed by atoms with Gasteiger partial charge in [0.1, 0.15) is 0 Å². The maximum absolute atomic E-state index is 11.8. The number of carbonyl (C=O) groups excluding carboxylic acids is 1. The van der Waals surface area contributed by atoms with E-state index in [0.717, 1.165) is 19.3 Å². The van der Waals surface area contributed by atoms with Crippen molar-refractivity contribution in [1.29, 1.82) is 0 Å². The molecule has 3 N–H and O–H groups in total. The number of rotatable bonds is 5. The third-order valence-electron chi connectivity index (χ3n) is 3.46. The fourth-order valence-corrected chi connectivity index (χ4v) is 2.55. The van der Waals surface area contributed by atoms with Gasteiger partial charge in [-0.3, -0.25) is 4.79 Å². The molecule has 1 amide bonds. The summed E-state index contributed by atoms with van der Waals surface area (Å²) < 4.78 is 0. The molecule has 0 aliphatic heterocycles. The third-order valence-corrected chi connectivity index (χ3v) is 4.09. The van der Waals surface area contributed by atoms with E-state index in [0.29, 0.717) is 15.7 Å². The van der Waals surface area contributed by atoms with Crippen molar-refractivity contribution in [3.8, 4) is 0 Å². The van der Waals surface area contributed by atoms with E-state index in [9.17, 15) is 9.90 Å². The second-order valence-electron chi connectivity index (χ2n) is 4.79. The van der Waals surface area contributed by atoms with Gasteiger partial charge in [-0.05, 0) is 31.4 Å². The number of hydrogen-bond acceptors (Lipinski definition) is 3. The number of aliphatic hydroxyl groups is 1. The van der Waals surface area contributed by atoms with Crippen LogP contribution in [-0.4, -0.2) is 29.7 Å². The first kappa shape index (κ1) is 14.6. The lowest BCUT2D eigenvalue weighted by Gasteiger charge is -2.41. The normalized spacial score (nSPS) is 16.8. The van der Waals surface area contributed by atoms with Gasteiger partial charge in [-0.15, -0.1) is 0 Å². The van der Waals surface area contributed by atoms with E-state index in [1.807, 2.05) is 0 Å². The van der Waals surface area contributed by atoms with Gasteiger partial charge in [-0.2, -0.15) is 0 Å². The first-order chi connectivity index (χ1) is 9.06. The highest BCUT2D eigenvalue weighted by molar-refractivity contribution is 6.39. The summed E-state index contributed by atoms with van der Waals surface area (Å²) in [6.07, 6.45) is 2.86. The molecule has 0 unspecified atom stereocenters. The maximum atomic E-state index is 11.8. The van der Waals surface area contributed by atoms with Gasteiger partial charge < -0.3 is 15.7 Å². The lowest BCUT2D eigenvalue weighted by Crippen LogP contribution is -2.55. The van der Waals surface area contributed by atoms with Crippen LogP contribution in [0.3, 0.4) is 0 Å². The quantitative estimate of drug-likeness (QED) is 0.783. The van der Waals surface area contributed by atoms with Crippen molar-refractivity contribution in [3.63, 3.8) is 0 Å². The monoisotopic (exact) mass is 302 g/mol. The third kappa shape index (κ3) is 3.39. The molecule has 1 aliphatic carbocycles. The second kappa shape index (κ2) is 6.09. The SMILES string of the molecule is O=C(CNC1(CO)CCC1)Nc1c(Cl)cccc1Cl. The van der Waals surface area contributed by atoms with Crippen LogP contribution < -0.4 is 10.6 Å². The second-order valence-corrected chi connectivity index (χ2v) is 5.60. The highest BCUT2D eigenvalue weighted by Gasteiger charge is 2.36. The molecular weight excluding hydrogens is 287 g/mol. The molecule has 6 heteroatoms. The predicted molar refractivity (Wildman–Crippen MR) is 76.8 cm³/mol. The summed E-state index contributed by atoms with van der Waals surface area (Å²) in [5, 5.41) is 15.9. The molecule has 0 radical (unpaired) electrons. The Labute approximate surface area is 122 Å². The Hall–Kier alpha value is -0.810. The van der Waals surface area contributed by atoms with E-state index in [4.69, 9.17) is 23.2 Å². The molecule has 19 heavy (non-hydrogen) atoms. The summed E-state index contributed by atoms with van der Waals surface area (Å²) >= 11 is 11.9. The molecule has 4 nitrogen and oxygen atoms in total. The fourth-order valence-electron chi connectivity index (χ4n) is 2.06. The number of benzene rings is 1. The van der Waals surface area contributed by atoms with Crippen LogP contribution in [0.4, 0.5) is 5.69 Å². The van der Waals surface area contributed by atoms with Gasteiger partial charge in [0, 0.05) is 5.54 Å². The van der Waals surface area contributed by atoms with Crippen molar-refractivity contribution >= 4 is 34.8 Å². The summed E-state index contributed by atoms with van der Waals surface area (Å²) in [4.78, 5) is 11.8. The molecule has 2 rings (SSSR count). The van der Waals surface area contributed by atoms with Crippen molar-refractivity contribution in [2.45, 2.75) is 24.8 Å². The van der Waals surface area contributed by atoms with Gasteiger partial charge in [0.2, 0.25) is 5.91 Å². The minimum absolute atomic E-state index is 0.0487. The maximum Gasteiger partial charge on any atom is 0.238 e. The van der Waals surface area contributed by atoms with Crippen LogP contribution in [0.25, 0.3) is 0 Å². The first-order valence-corrected chi connectivity index (χ1v) is 6.92. The van der Waals surface area contributed by atoms with Crippen LogP contribution in [0, 0.1) is 0 Å². The molecule has 104 valence electrons. The zero-order chi connectivity index (χ0) is 13.9. The number of para-hydroxylation sites is 1. The molecular formula is C13H16Cl2N2O2. The smallest absolute Gasteiger partial charge is 0.238 e. The van der Waals surface area contributed by atoms with Gasteiger partial charge >= 0.3 is 0 Å². The molecule has 0 atom stereocenters. The van der Waals surface area contributed by atoms with Gasteiger partial charge in [0.05, 0.1) is 28.9 Å². The van der Waals surface area contributed by atoms with E-state index in [2.05, 4.69) is 10.6 Å². The first-order valence-electron chi connectivity index (χ1n) is 6.16. The lowest BCUT2D eigenvalue weighted by atomic mass is 9.77. The molecule has 1 aromatic rings. The van der Waals surface area contributed by atoms with Crippen molar-refractivity contribution in [3.05, 3.63) is 28.2 Å². The number of amides is 1. The Kier molecular flexibility index (Phi) is 4.68. The zero-order valence-corrected chi connectivity index (χ0v) is 11.9. The minimum atomic E-state index is -0.290. The summed E-state index contributed by atoms with van der Waals surface area (Å²) in [6.45, 7) is 0.176. The lowest BCUT2D eigenvalue weighted by molar-refractivity contribution is -0.116. The molecule has 1 fully saturated rings. The van der Waals surface area contributed by atoms with Crippen LogP contribution in [0.5, 0.6) is 0 Å². The van der Waals surface area contributed by atoms with Gasteiger partial charge in [0.25, 0.3) is 0 Å². The molecule has 1 aromatic carbocycles. The number of hydrogen-bond donors (Lipinski definition) is 3. The number of carbonyl (C=O) groups is 1. The van der Waals surface area contributed by atoms with E-state index in [-0.39, 0.29) is 24.6 Å². The number of nitrogens with one attached hydrogen (secondary N) is 2. The van der Waals surface area contributed by atoms with E-state index in [1.165, 1.54) is 0 Å². The number of halogens is 2. The highest BCUT2D eigenvalue weighted by Crippen LogP contribution is 2.31. The number of aliphatic hydroxyl groups excluding tert-OH is 1. The van der Waals surface area contributed by atoms with Crippen molar-refractivity contribution in [1.82, 2.24) is 5.32 Å². The summed E-state index contributed by atoms with van der Waals surface area (Å²) in [6, 6.07) is 5.04. The van der Waals surface area contributed by atoms with Crippen LogP contribution in [0.2, 0.25) is 10.0 Å². The molecule has 1 saturated carbocycles. The van der Waals surface area contributed by atoms with Crippen LogP contribution in [-0.2, 0) is 4.79 Å². The molecule has 1 aliphatic rings. The Morgan fingerprint density at radius 3 is 2.42 bits per heavy atom. The average molecular weight is 303 g/mol. The summed E-state index contributed by atoms with van der Waals surface area (Å²) in [5.41, 5.74) is 0.131. The molecule has 0 saturated heterocycles. The van der Waals surface area contributed by atoms with Crippen molar-refractivity contribution in [2.24, 2.45) is 0 Å². The predicted octanol–water partition coefficient (Wildman–Crippen LogP) is 2.44. The molecule has 0 bridgehead atoms. The Morgan fingerprint density at radius 2 is 1.95 bits per heavy atom. The largest absolute Gasteiger partial charge is 0.394 e. The van der Waals surface area contributed by atoms with Crippen LogP contribution >= 0.6 is 23.2 Å². The van der Waals surface area contributed by atoms with Gasteiger partial charge in [-0.1, -0.05) is 29.3 Å². The average Bonchev–Trinajstić information content (AvgIpc) is 2.33. The summed E-state index contributed by atoms with van der Waals surface area (Å²) in [5.74, 6) is -0.227. The van der Waals surface area contributed by atoms with Gasteiger partial charge in [-0.25, -0.2) is 0 Å².